The molecule has 0 aliphatic heterocycles. The third kappa shape index (κ3) is 4.41. The number of nitrogens with one attached hydrogen (secondary N) is 1. The molecule has 1 unspecified atom stereocenters. The molecule has 0 amide bonds. The van der Waals surface area contributed by atoms with Gasteiger partial charge in [-0.3, -0.25) is 4.79 Å². The fourth-order valence-electron chi connectivity index (χ4n) is 1.99. The summed E-state index contributed by atoms with van der Waals surface area (Å²) >= 11 is 1.39. The summed E-state index contributed by atoms with van der Waals surface area (Å²) in [5, 5.41) is 0.469. The molecule has 2 rings (SSSR count). The van der Waals surface area contributed by atoms with Crippen LogP contribution >= 0.6 is 11.8 Å². The van der Waals surface area contributed by atoms with E-state index in [1.54, 1.807) is 12.1 Å². The molecule has 0 bridgehead atoms. The van der Waals surface area contributed by atoms with Gasteiger partial charge in [0, 0.05) is 23.6 Å². The van der Waals surface area contributed by atoms with Gasteiger partial charge in [-0.1, -0.05) is 37.2 Å². The summed E-state index contributed by atoms with van der Waals surface area (Å²) in [4.78, 5) is 18.8. The van der Waals surface area contributed by atoms with E-state index in [2.05, 4.69) is 9.97 Å². The Bertz CT molecular complexity index is 642. The molecule has 1 aromatic heterocycles. The summed E-state index contributed by atoms with van der Waals surface area (Å²) in [6.07, 6.45) is 1.69. The van der Waals surface area contributed by atoms with Gasteiger partial charge in [0.15, 0.2) is 5.16 Å². The van der Waals surface area contributed by atoms with Crippen LogP contribution in [-0.4, -0.2) is 16.5 Å². The fourth-order valence-corrected chi connectivity index (χ4v) is 2.98. The Hall–Kier alpha value is -1.66. The highest BCUT2D eigenvalue weighted by Crippen LogP contribution is 2.32. The Morgan fingerprint density at radius 1 is 1.38 bits per heavy atom. The molecule has 0 saturated carbocycles. The first-order chi connectivity index (χ1) is 10.1. The minimum Gasteiger partial charge on any atom is -0.329 e. The van der Waals surface area contributed by atoms with E-state index in [0.717, 1.165) is 24.1 Å². The number of aromatic amines is 1. The van der Waals surface area contributed by atoms with Crippen molar-refractivity contribution in [3.63, 3.8) is 0 Å². The Morgan fingerprint density at radius 2 is 2.10 bits per heavy atom. The average Bonchev–Trinajstić information content (AvgIpc) is 2.45. The van der Waals surface area contributed by atoms with Gasteiger partial charge in [-0.25, -0.2) is 9.37 Å². The molecule has 0 aliphatic rings. The first-order valence-electron chi connectivity index (χ1n) is 6.84. The lowest BCUT2D eigenvalue weighted by atomic mass is 10.1. The number of thioether (sulfide) groups is 1. The normalized spacial score (nSPS) is 12.3. The molecule has 1 atom stereocenters. The Kier molecular flexibility index (Phi) is 5.52. The van der Waals surface area contributed by atoms with Gasteiger partial charge in [-0.05, 0) is 24.1 Å². The average molecular weight is 307 g/mol. The maximum absolute atomic E-state index is 13.0. The molecule has 4 nitrogen and oxygen atoms in total. The molecule has 6 heteroatoms. The standard InChI is InChI=1S/C15H18FN3OS/c1-2-3-12-8-14(20)19-15(18-12)21-13(9-17)10-4-6-11(16)7-5-10/h4-8,13H,2-3,9,17H2,1H3,(H,18,19,20). The van der Waals surface area contributed by atoms with E-state index in [9.17, 15) is 9.18 Å². The van der Waals surface area contributed by atoms with E-state index in [-0.39, 0.29) is 16.6 Å². The summed E-state index contributed by atoms with van der Waals surface area (Å²) in [5.41, 5.74) is 7.32. The van der Waals surface area contributed by atoms with Crippen LogP contribution in [0.1, 0.15) is 29.9 Å². The van der Waals surface area contributed by atoms with E-state index >= 15 is 0 Å². The highest BCUT2D eigenvalue weighted by atomic mass is 32.2. The molecular weight excluding hydrogens is 289 g/mol. The van der Waals surface area contributed by atoms with Gasteiger partial charge in [0.25, 0.3) is 5.56 Å². The maximum atomic E-state index is 13.0. The molecule has 0 spiro atoms. The zero-order valence-electron chi connectivity index (χ0n) is 11.8. The molecule has 0 radical (unpaired) electrons. The molecule has 0 fully saturated rings. The van der Waals surface area contributed by atoms with Crippen LogP contribution in [0.3, 0.4) is 0 Å². The van der Waals surface area contributed by atoms with Crippen molar-refractivity contribution in [2.75, 3.05) is 6.54 Å². The highest BCUT2D eigenvalue weighted by Gasteiger charge is 2.14. The van der Waals surface area contributed by atoms with E-state index in [1.807, 2.05) is 6.92 Å². The van der Waals surface area contributed by atoms with Crippen molar-refractivity contribution in [1.29, 1.82) is 0 Å². The number of hydrogen-bond acceptors (Lipinski definition) is 4. The summed E-state index contributed by atoms with van der Waals surface area (Å²) in [7, 11) is 0. The first kappa shape index (κ1) is 15.7. The van der Waals surface area contributed by atoms with Crippen LogP contribution in [0, 0.1) is 5.82 Å². The monoisotopic (exact) mass is 307 g/mol. The van der Waals surface area contributed by atoms with Gasteiger partial charge < -0.3 is 10.7 Å². The number of halogens is 1. The Morgan fingerprint density at radius 3 is 2.71 bits per heavy atom. The largest absolute Gasteiger partial charge is 0.329 e. The zero-order valence-corrected chi connectivity index (χ0v) is 12.6. The third-order valence-electron chi connectivity index (χ3n) is 2.99. The fraction of sp³-hybridized carbons (Fsp3) is 0.333. The molecule has 1 aromatic carbocycles. The lowest BCUT2D eigenvalue weighted by Gasteiger charge is -2.14. The van der Waals surface area contributed by atoms with Crippen LogP contribution in [0.2, 0.25) is 0 Å². The number of benzene rings is 1. The summed E-state index contributed by atoms with van der Waals surface area (Å²) in [5.74, 6) is -0.281. The van der Waals surface area contributed by atoms with Gasteiger partial charge in [0.1, 0.15) is 5.82 Å². The van der Waals surface area contributed by atoms with Crippen LogP contribution in [0.5, 0.6) is 0 Å². The number of rotatable bonds is 6. The van der Waals surface area contributed by atoms with Crippen LogP contribution in [0.4, 0.5) is 4.39 Å². The SMILES string of the molecule is CCCc1cc(=O)[nH]c(SC(CN)c2ccc(F)cc2)n1. The number of aryl methyl sites for hydroxylation is 1. The van der Waals surface area contributed by atoms with E-state index in [4.69, 9.17) is 5.73 Å². The summed E-state index contributed by atoms with van der Waals surface area (Å²) in [6, 6.07) is 7.73. The second kappa shape index (κ2) is 7.38. The van der Waals surface area contributed by atoms with Crippen LogP contribution in [0.15, 0.2) is 40.3 Å². The van der Waals surface area contributed by atoms with E-state index in [0.29, 0.717) is 11.7 Å². The molecule has 21 heavy (non-hydrogen) atoms. The van der Waals surface area contributed by atoms with Crippen LogP contribution in [-0.2, 0) is 6.42 Å². The minimum absolute atomic E-state index is 0.0781. The molecule has 0 aliphatic carbocycles. The van der Waals surface area contributed by atoms with E-state index in [1.165, 1.54) is 30.0 Å². The summed E-state index contributed by atoms with van der Waals surface area (Å²) < 4.78 is 13.0. The van der Waals surface area contributed by atoms with Crippen molar-refractivity contribution < 1.29 is 4.39 Å². The summed E-state index contributed by atoms with van der Waals surface area (Å²) in [6.45, 7) is 2.41. The van der Waals surface area contributed by atoms with Gasteiger partial charge in [-0.2, -0.15) is 0 Å². The molecule has 3 N–H and O–H groups in total. The number of nitrogens with zero attached hydrogens (tertiary/aromatic N) is 1. The van der Waals surface area contributed by atoms with Gasteiger partial charge in [0.2, 0.25) is 0 Å². The first-order valence-corrected chi connectivity index (χ1v) is 7.72. The van der Waals surface area contributed by atoms with Crippen molar-refractivity contribution in [3.8, 4) is 0 Å². The molecule has 0 saturated heterocycles. The topological polar surface area (TPSA) is 71.8 Å². The smallest absolute Gasteiger partial charge is 0.251 e. The predicted octanol–water partition coefficient (Wildman–Crippen LogP) is 2.65. The number of nitrogens with two attached hydrogens (primary N) is 1. The Balaban J connectivity index is 2.22. The molecule has 2 aromatic rings. The second-order valence-corrected chi connectivity index (χ2v) is 5.88. The van der Waals surface area contributed by atoms with Gasteiger partial charge in [-0.15, -0.1) is 0 Å². The third-order valence-corrected chi connectivity index (χ3v) is 4.15. The van der Waals surface area contributed by atoms with E-state index < -0.39 is 0 Å². The van der Waals surface area contributed by atoms with Crippen LogP contribution < -0.4 is 11.3 Å². The molecule has 112 valence electrons. The van der Waals surface area contributed by atoms with Crippen molar-refractivity contribution >= 4 is 11.8 Å². The number of H-pyrrole nitrogens is 1. The maximum Gasteiger partial charge on any atom is 0.251 e. The number of hydrogen-bond donors (Lipinski definition) is 2. The highest BCUT2D eigenvalue weighted by molar-refractivity contribution is 7.99. The van der Waals surface area contributed by atoms with Crippen molar-refractivity contribution in [1.82, 2.24) is 9.97 Å². The second-order valence-electron chi connectivity index (χ2n) is 4.69. The Labute approximate surface area is 127 Å². The minimum atomic E-state index is -0.281. The van der Waals surface area contributed by atoms with Gasteiger partial charge >= 0.3 is 0 Å². The lowest BCUT2D eigenvalue weighted by Crippen LogP contribution is -2.13. The van der Waals surface area contributed by atoms with Crippen LogP contribution in [0.25, 0.3) is 0 Å². The quantitative estimate of drug-likeness (QED) is 0.636. The zero-order chi connectivity index (χ0) is 15.2. The van der Waals surface area contributed by atoms with Crippen molar-refractivity contribution in [2.45, 2.75) is 30.2 Å². The molecular formula is C15H18FN3OS. The van der Waals surface area contributed by atoms with Crippen molar-refractivity contribution in [2.24, 2.45) is 5.73 Å². The van der Waals surface area contributed by atoms with Crippen molar-refractivity contribution in [3.05, 3.63) is 57.8 Å². The predicted molar refractivity (Wildman–Crippen MR) is 82.9 cm³/mol. The number of aromatic nitrogens is 2. The molecule has 1 heterocycles. The van der Waals surface area contributed by atoms with Gasteiger partial charge in [0.05, 0.1) is 0 Å². The lowest BCUT2D eigenvalue weighted by molar-refractivity contribution is 0.627.